The van der Waals surface area contributed by atoms with Crippen LogP contribution in [0.1, 0.15) is 142 Å². The summed E-state index contributed by atoms with van der Waals surface area (Å²) in [4.78, 5) is 102. The standard InChI is InChI=1S/C65H86N6O10S2/c1-12-40(2)57(73)66-49-27-29-83-54-35-65(9,10)56(71(54)61(49)77)59(75)68-51(45-21-17-14-18-22-45)39-80-37-43-24-26-46-31-42(23-25-47(46)32-43)36-79-38-48(44-19-15-13-16-20-44)33-52(72)55-64(7,8)34-53-70(55)60(76)50(28-30-82-53)67-58(74)41(3)69(11)62(78)81-63(4,5)6/h13-26,31-32,40-41,48-51,53-56H,12,27-30,33-39H2,1-11H3,(H,66,73)(H,67,74)(H,68,75)/t40-,41+,48-,49+,50+,51-,53+,54+,55?,56?/m1/s1. The largest absolute Gasteiger partial charge is 0.444 e. The SMILES string of the molecule is CC[C@@H](C)C(=O)N[C@H]1CCS[C@H]2CC(C)(C)C(C(=O)N[C@H](COCc3ccc4cc(COC[C@@H](CC(=O)C5N6C(=O)[C@@H](NC(=O)[C@H](C)N(C)C(=O)OC(C)(C)C)CCS[C@H]6CC5(C)C)c5ccccc5)ccc4c3)c3ccccc3)N2C1=O. The first-order chi connectivity index (χ1) is 39.3. The molecule has 4 aromatic rings. The quantitative estimate of drug-likeness (QED) is 0.0716. The van der Waals surface area contributed by atoms with Gasteiger partial charge < -0.3 is 40.0 Å². The van der Waals surface area contributed by atoms with Gasteiger partial charge in [0.05, 0.1) is 49.3 Å². The Morgan fingerprint density at radius 1 is 0.687 bits per heavy atom. The molecule has 4 fully saturated rings. The van der Waals surface area contributed by atoms with Crippen LogP contribution in [0.15, 0.2) is 97.1 Å². The van der Waals surface area contributed by atoms with Gasteiger partial charge in [-0.25, -0.2) is 4.79 Å². The number of carbonyl (C=O) groups is 7. The molecular weight excluding hydrogens is 1090 g/mol. The fourth-order valence-electron chi connectivity index (χ4n) is 11.9. The molecule has 8 rings (SSSR count). The van der Waals surface area contributed by atoms with Gasteiger partial charge in [-0.15, -0.1) is 23.5 Å². The third-order valence-corrected chi connectivity index (χ3v) is 19.3. The van der Waals surface area contributed by atoms with Gasteiger partial charge in [-0.2, -0.15) is 0 Å². The number of fused-ring (bicyclic) bond motifs is 3. The lowest BCUT2D eigenvalue weighted by Crippen LogP contribution is -2.57. The Balaban J connectivity index is 0.886. The van der Waals surface area contributed by atoms with Gasteiger partial charge in [0.1, 0.15) is 29.8 Å². The molecule has 4 heterocycles. The fourth-order valence-corrected chi connectivity index (χ4v) is 15.1. The maximum Gasteiger partial charge on any atom is 0.410 e. The summed E-state index contributed by atoms with van der Waals surface area (Å²) in [7, 11) is 1.50. The van der Waals surface area contributed by atoms with Crippen molar-refractivity contribution in [3.63, 3.8) is 0 Å². The van der Waals surface area contributed by atoms with Crippen LogP contribution in [0.3, 0.4) is 0 Å². The molecule has 0 aliphatic carbocycles. The smallest absolute Gasteiger partial charge is 0.410 e. The van der Waals surface area contributed by atoms with E-state index in [-0.39, 0.29) is 71.6 Å². The summed E-state index contributed by atoms with van der Waals surface area (Å²) in [6, 6.07) is 27.6. The zero-order valence-electron chi connectivity index (χ0n) is 50.2. The highest BCUT2D eigenvalue weighted by atomic mass is 32.2. The molecule has 0 spiro atoms. The van der Waals surface area contributed by atoms with E-state index in [1.54, 1.807) is 61.0 Å². The molecule has 0 radical (unpaired) electrons. The molecule has 18 heteroatoms. The van der Waals surface area contributed by atoms with Crippen molar-refractivity contribution in [1.29, 1.82) is 0 Å². The number of amides is 6. The predicted octanol–water partition coefficient (Wildman–Crippen LogP) is 9.92. The molecule has 0 aromatic heterocycles. The molecule has 2 unspecified atom stereocenters. The fraction of sp³-hybridized carbons (Fsp3) is 0.554. The molecule has 4 aliphatic rings. The second-order valence-electron chi connectivity index (χ2n) is 25.4. The van der Waals surface area contributed by atoms with E-state index in [1.807, 2.05) is 114 Å². The van der Waals surface area contributed by atoms with Gasteiger partial charge in [0.25, 0.3) is 0 Å². The first-order valence-electron chi connectivity index (χ1n) is 29.4. The molecule has 83 heavy (non-hydrogen) atoms. The van der Waals surface area contributed by atoms with Gasteiger partial charge in [0, 0.05) is 25.3 Å². The minimum Gasteiger partial charge on any atom is -0.444 e. The third kappa shape index (κ3) is 15.3. The first-order valence-corrected chi connectivity index (χ1v) is 31.5. The normalized spacial score (nSPS) is 23.6. The maximum absolute atomic E-state index is 14.8. The van der Waals surface area contributed by atoms with E-state index in [2.05, 4.69) is 40.2 Å². The lowest BCUT2D eigenvalue weighted by Gasteiger charge is -2.35. The van der Waals surface area contributed by atoms with Gasteiger partial charge >= 0.3 is 6.09 Å². The maximum atomic E-state index is 14.8. The molecule has 4 aromatic carbocycles. The number of nitrogens with one attached hydrogen (secondary N) is 3. The lowest BCUT2D eigenvalue weighted by molar-refractivity contribution is -0.144. The summed E-state index contributed by atoms with van der Waals surface area (Å²) in [5.74, 6) is -0.625. The molecule has 16 nitrogen and oxygen atoms in total. The minimum atomic E-state index is -0.904. The van der Waals surface area contributed by atoms with E-state index in [0.717, 1.165) is 33.0 Å². The molecular formula is C65H86N6O10S2. The van der Waals surface area contributed by atoms with Gasteiger partial charge in [-0.1, -0.05) is 126 Å². The van der Waals surface area contributed by atoms with Crippen LogP contribution >= 0.6 is 23.5 Å². The van der Waals surface area contributed by atoms with Gasteiger partial charge in [-0.05, 0) is 127 Å². The summed E-state index contributed by atoms with van der Waals surface area (Å²) in [6.45, 7) is 19.9. The van der Waals surface area contributed by atoms with Crippen LogP contribution in [-0.2, 0) is 56.2 Å². The van der Waals surface area contributed by atoms with Crippen molar-refractivity contribution >= 4 is 75.7 Å². The van der Waals surface area contributed by atoms with Gasteiger partial charge in [0.15, 0.2) is 5.78 Å². The van der Waals surface area contributed by atoms with Crippen molar-refractivity contribution in [2.45, 2.75) is 179 Å². The average molecular weight is 1180 g/mol. The van der Waals surface area contributed by atoms with E-state index in [4.69, 9.17) is 14.2 Å². The summed E-state index contributed by atoms with van der Waals surface area (Å²) >= 11 is 3.31. The molecule has 10 atom stereocenters. The van der Waals surface area contributed by atoms with E-state index in [1.165, 1.54) is 11.9 Å². The zero-order chi connectivity index (χ0) is 60.0. The van der Waals surface area contributed by atoms with Crippen molar-refractivity contribution in [1.82, 2.24) is 30.7 Å². The predicted molar refractivity (Wildman–Crippen MR) is 326 cm³/mol. The number of hydrogen-bond donors (Lipinski definition) is 3. The van der Waals surface area contributed by atoms with E-state index >= 15 is 0 Å². The number of thioether (sulfide) groups is 2. The van der Waals surface area contributed by atoms with Crippen molar-refractivity contribution < 1.29 is 47.8 Å². The topological polar surface area (TPSA) is 193 Å². The lowest BCUT2D eigenvalue weighted by atomic mass is 9.79. The van der Waals surface area contributed by atoms with Crippen LogP contribution in [0.25, 0.3) is 10.8 Å². The summed E-state index contributed by atoms with van der Waals surface area (Å²) in [6.07, 6.45) is 2.36. The Hall–Kier alpha value is -5.95. The molecule has 448 valence electrons. The highest BCUT2D eigenvalue weighted by molar-refractivity contribution is 8.00. The van der Waals surface area contributed by atoms with Crippen LogP contribution in [0.5, 0.6) is 0 Å². The molecule has 4 saturated heterocycles. The van der Waals surface area contributed by atoms with E-state index in [0.29, 0.717) is 56.8 Å². The van der Waals surface area contributed by atoms with Gasteiger partial charge in [-0.3, -0.25) is 33.7 Å². The van der Waals surface area contributed by atoms with Crippen molar-refractivity contribution in [3.05, 3.63) is 119 Å². The number of hydrogen-bond acceptors (Lipinski definition) is 12. The number of ketones is 1. The highest BCUT2D eigenvalue weighted by Crippen LogP contribution is 2.48. The van der Waals surface area contributed by atoms with Gasteiger partial charge in [0.2, 0.25) is 29.5 Å². The Kier molecular flexibility index (Phi) is 20.5. The Bertz CT molecular complexity index is 2970. The number of carbonyl (C=O) groups excluding carboxylic acids is 7. The molecule has 0 bridgehead atoms. The molecule has 4 aliphatic heterocycles. The second-order valence-corrected chi connectivity index (χ2v) is 28.0. The number of likely N-dealkylation sites (N-methyl/N-ethyl adjacent to an activating group) is 1. The number of benzene rings is 4. The first kappa shape index (κ1) is 63.1. The molecule has 6 amide bonds. The van der Waals surface area contributed by atoms with E-state index < -0.39 is 64.7 Å². The monoisotopic (exact) mass is 1170 g/mol. The van der Waals surface area contributed by atoms with Crippen molar-refractivity contribution in [3.8, 4) is 0 Å². The van der Waals surface area contributed by atoms with Crippen LogP contribution in [0.2, 0.25) is 0 Å². The highest BCUT2D eigenvalue weighted by Gasteiger charge is 2.56. The van der Waals surface area contributed by atoms with Crippen LogP contribution in [0.4, 0.5) is 4.79 Å². The van der Waals surface area contributed by atoms with Crippen LogP contribution < -0.4 is 16.0 Å². The summed E-state index contributed by atoms with van der Waals surface area (Å²) < 4.78 is 18.3. The Morgan fingerprint density at radius 3 is 1.71 bits per heavy atom. The summed E-state index contributed by atoms with van der Waals surface area (Å²) in [5.41, 5.74) is 1.98. The van der Waals surface area contributed by atoms with Crippen LogP contribution in [0, 0.1) is 16.7 Å². The van der Waals surface area contributed by atoms with Crippen molar-refractivity contribution in [2.75, 3.05) is 31.8 Å². The minimum absolute atomic E-state index is 0.0602. The Labute approximate surface area is 499 Å². The number of nitrogens with zero attached hydrogens (tertiary/aromatic N) is 3. The Morgan fingerprint density at radius 2 is 1.18 bits per heavy atom. The second kappa shape index (κ2) is 27.0. The number of ether oxygens (including phenoxy) is 3. The summed E-state index contributed by atoms with van der Waals surface area (Å²) in [5, 5.41) is 10.8. The third-order valence-electron chi connectivity index (χ3n) is 16.8. The number of Topliss-reactive ketones (excluding diaryl/α,β-unsaturated/α-hetero) is 1. The van der Waals surface area contributed by atoms with Crippen LogP contribution in [-0.4, -0.2) is 134 Å². The number of rotatable bonds is 21. The molecule has 0 saturated carbocycles. The van der Waals surface area contributed by atoms with Crippen molar-refractivity contribution in [2.24, 2.45) is 16.7 Å². The molecule has 3 N–H and O–H groups in total. The zero-order valence-corrected chi connectivity index (χ0v) is 51.9. The van der Waals surface area contributed by atoms with E-state index in [9.17, 15) is 33.6 Å². The average Bonchev–Trinajstić information content (AvgIpc) is 2.13.